The van der Waals surface area contributed by atoms with Crippen LogP contribution in [0.15, 0.2) is 5.11 Å². The molecule has 0 aromatic heterocycles. The molecule has 5 nitrogen and oxygen atoms in total. The van der Waals surface area contributed by atoms with Gasteiger partial charge in [-0.3, -0.25) is 4.79 Å². The second kappa shape index (κ2) is 10.3. The molecule has 0 heterocycles. The largest absolute Gasteiger partial charge is 0.353 e. The molecule has 5 saturated carbocycles. The number of hydrogen-bond donors (Lipinski definition) is 1. The van der Waals surface area contributed by atoms with Crippen LogP contribution in [0.2, 0.25) is 0 Å². The van der Waals surface area contributed by atoms with Crippen LogP contribution in [0.5, 0.6) is 0 Å². The van der Waals surface area contributed by atoms with Crippen molar-refractivity contribution in [2.45, 2.75) is 136 Å². The topological polar surface area (TPSA) is 77.9 Å². The number of carbonyl (C=O) groups excluding carboxylic acids is 1. The Balaban J connectivity index is 1.19. The van der Waals surface area contributed by atoms with Crippen molar-refractivity contribution >= 4 is 5.91 Å². The van der Waals surface area contributed by atoms with Crippen LogP contribution in [0.3, 0.4) is 0 Å². The number of hydrogen-bond acceptors (Lipinski definition) is 2. The molecule has 1 N–H and O–H groups in total. The summed E-state index contributed by atoms with van der Waals surface area (Å²) in [7, 11) is 0. The van der Waals surface area contributed by atoms with Crippen LogP contribution in [0.1, 0.15) is 124 Å². The minimum atomic E-state index is 0.232. The van der Waals surface area contributed by atoms with Crippen molar-refractivity contribution in [3.63, 3.8) is 0 Å². The van der Waals surface area contributed by atoms with Crippen molar-refractivity contribution in [3.05, 3.63) is 10.4 Å². The third-order valence-electron chi connectivity index (χ3n) is 12.4. The van der Waals surface area contributed by atoms with E-state index in [9.17, 15) is 4.79 Å². The van der Waals surface area contributed by atoms with Gasteiger partial charge in [0.25, 0.3) is 0 Å². The molecule has 9 atom stereocenters. The van der Waals surface area contributed by atoms with Gasteiger partial charge in [0.2, 0.25) is 5.91 Å². The van der Waals surface area contributed by atoms with E-state index in [1.54, 1.807) is 0 Å². The molecule has 0 aliphatic heterocycles. The van der Waals surface area contributed by atoms with E-state index in [2.05, 4.69) is 36.1 Å². The maximum absolute atomic E-state index is 12.7. The van der Waals surface area contributed by atoms with Gasteiger partial charge in [0.05, 0.1) is 0 Å². The molecule has 0 saturated heterocycles. The van der Waals surface area contributed by atoms with E-state index in [-0.39, 0.29) is 6.04 Å². The summed E-state index contributed by atoms with van der Waals surface area (Å²) < 4.78 is 0. The highest BCUT2D eigenvalue weighted by molar-refractivity contribution is 5.76. The fourth-order valence-electron chi connectivity index (χ4n) is 10.5. The summed E-state index contributed by atoms with van der Waals surface area (Å²) in [6.07, 6.45) is 19.7. The molecule has 5 rings (SSSR count). The zero-order valence-electron chi connectivity index (χ0n) is 22.7. The summed E-state index contributed by atoms with van der Waals surface area (Å²) in [4.78, 5) is 15.8. The maximum atomic E-state index is 12.7. The van der Waals surface area contributed by atoms with E-state index in [1.807, 2.05) is 0 Å². The number of rotatable bonds is 6. The standard InChI is InChI=1S/C30H50N4O/c1-20(9-14-28(35)32-22-7-5-4-6-8-22)25-12-13-26-24-11-10-21-19-23(33-34-31)15-17-29(21,2)27(24)16-18-30(25,26)3/h20-27H,4-19H2,1-3H3,(H,32,35)/t20-,21-,23?,24+,25-,26+,27+,29+,30-/m1/s1. The Kier molecular flexibility index (Phi) is 7.46. The highest BCUT2D eigenvalue weighted by Gasteiger charge is 2.60. The van der Waals surface area contributed by atoms with Crippen molar-refractivity contribution in [1.29, 1.82) is 0 Å². The number of nitrogens with zero attached hydrogens (tertiary/aromatic N) is 3. The van der Waals surface area contributed by atoms with Crippen LogP contribution in [-0.2, 0) is 4.79 Å². The van der Waals surface area contributed by atoms with Crippen molar-refractivity contribution < 1.29 is 4.79 Å². The molecule has 5 aliphatic carbocycles. The molecule has 0 spiro atoms. The molecular formula is C30H50N4O. The Morgan fingerprint density at radius 1 is 0.971 bits per heavy atom. The quantitative estimate of drug-likeness (QED) is 0.231. The first kappa shape index (κ1) is 25.4. The second-order valence-electron chi connectivity index (χ2n) is 13.9. The van der Waals surface area contributed by atoms with E-state index in [0.717, 1.165) is 48.9 Å². The van der Waals surface area contributed by atoms with Gasteiger partial charge in [0.1, 0.15) is 0 Å². The van der Waals surface area contributed by atoms with Gasteiger partial charge in [0.15, 0.2) is 0 Å². The third-order valence-corrected chi connectivity index (χ3v) is 12.4. The van der Waals surface area contributed by atoms with Crippen molar-refractivity contribution in [1.82, 2.24) is 5.32 Å². The van der Waals surface area contributed by atoms with Crippen LogP contribution in [0, 0.1) is 46.3 Å². The van der Waals surface area contributed by atoms with Gasteiger partial charge in [-0.15, -0.1) is 0 Å². The van der Waals surface area contributed by atoms with Gasteiger partial charge < -0.3 is 5.32 Å². The lowest BCUT2D eigenvalue weighted by Crippen LogP contribution is -2.54. The number of carbonyl (C=O) groups is 1. The fraction of sp³-hybridized carbons (Fsp3) is 0.967. The predicted octanol–water partition coefficient (Wildman–Crippen LogP) is 8.19. The lowest BCUT2D eigenvalue weighted by molar-refractivity contribution is -0.123. The molecule has 0 bridgehead atoms. The highest BCUT2D eigenvalue weighted by atomic mass is 16.1. The normalized spacial score (nSPS) is 44.3. The van der Waals surface area contributed by atoms with Gasteiger partial charge in [-0.05, 0) is 129 Å². The highest BCUT2D eigenvalue weighted by Crippen LogP contribution is 2.68. The molecular weight excluding hydrogens is 432 g/mol. The minimum absolute atomic E-state index is 0.232. The summed E-state index contributed by atoms with van der Waals surface area (Å²) in [5.74, 6) is 5.09. The summed E-state index contributed by atoms with van der Waals surface area (Å²) >= 11 is 0. The smallest absolute Gasteiger partial charge is 0.220 e. The van der Waals surface area contributed by atoms with Crippen molar-refractivity contribution in [3.8, 4) is 0 Å². The van der Waals surface area contributed by atoms with Crippen molar-refractivity contribution in [2.24, 2.45) is 51.5 Å². The molecule has 5 fully saturated rings. The van der Waals surface area contributed by atoms with Crippen LogP contribution in [0.4, 0.5) is 0 Å². The lowest BCUT2D eigenvalue weighted by Gasteiger charge is -2.61. The summed E-state index contributed by atoms with van der Waals surface area (Å²) in [5, 5.41) is 7.46. The second-order valence-corrected chi connectivity index (χ2v) is 13.9. The van der Waals surface area contributed by atoms with Gasteiger partial charge in [0, 0.05) is 23.4 Å². The maximum Gasteiger partial charge on any atom is 0.220 e. The van der Waals surface area contributed by atoms with Gasteiger partial charge in [-0.25, -0.2) is 0 Å². The lowest BCUT2D eigenvalue weighted by atomic mass is 9.44. The monoisotopic (exact) mass is 482 g/mol. The average Bonchev–Trinajstić information content (AvgIpc) is 3.21. The minimum Gasteiger partial charge on any atom is -0.353 e. The first-order valence-electron chi connectivity index (χ1n) is 15.2. The SMILES string of the molecule is C[C@H](CCC(=O)NC1CCCCC1)[C@H]1CC[C@H]2[C@@H]3CC[C@@H]4CC(N=[N+]=[N-])CC[C@]4(C)[C@H]3CC[C@]12C. The number of amides is 1. The van der Waals surface area contributed by atoms with E-state index >= 15 is 0 Å². The van der Waals surface area contributed by atoms with E-state index < -0.39 is 0 Å². The summed E-state index contributed by atoms with van der Waals surface area (Å²) in [6, 6.07) is 0.670. The molecule has 1 unspecified atom stereocenters. The van der Waals surface area contributed by atoms with E-state index in [4.69, 9.17) is 5.53 Å². The van der Waals surface area contributed by atoms with E-state index in [1.165, 1.54) is 77.0 Å². The molecule has 1 amide bonds. The van der Waals surface area contributed by atoms with Gasteiger partial charge in [-0.2, -0.15) is 0 Å². The molecule has 0 aromatic carbocycles. The Bertz CT molecular complexity index is 817. The predicted molar refractivity (Wildman–Crippen MR) is 142 cm³/mol. The fourth-order valence-corrected chi connectivity index (χ4v) is 10.5. The Labute approximate surface area is 213 Å². The van der Waals surface area contributed by atoms with Crippen LogP contribution < -0.4 is 5.32 Å². The molecule has 0 radical (unpaired) electrons. The molecule has 0 aromatic rings. The van der Waals surface area contributed by atoms with Gasteiger partial charge in [-0.1, -0.05) is 45.1 Å². The van der Waals surface area contributed by atoms with E-state index in [0.29, 0.717) is 35.1 Å². The number of azide groups is 1. The number of fused-ring (bicyclic) bond motifs is 5. The van der Waals surface area contributed by atoms with Crippen LogP contribution in [-0.4, -0.2) is 18.0 Å². The Morgan fingerprint density at radius 2 is 1.71 bits per heavy atom. The average molecular weight is 483 g/mol. The molecule has 5 heteroatoms. The Hall–Kier alpha value is -1.22. The molecule has 35 heavy (non-hydrogen) atoms. The first-order valence-corrected chi connectivity index (χ1v) is 15.2. The zero-order valence-corrected chi connectivity index (χ0v) is 22.7. The first-order chi connectivity index (χ1) is 16.8. The van der Waals surface area contributed by atoms with Gasteiger partial charge >= 0.3 is 0 Å². The summed E-state index contributed by atoms with van der Waals surface area (Å²) in [6.45, 7) is 7.69. The third kappa shape index (κ3) is 4.76. The Morgan fingerprint density at radius 3 is 2.49 bits per heavy atom. The van der Waals surface area contributed by atoms with Crippen molar-refractivity contribution in [2.75, 3.05) is 0 Å². The zero-order chi connectivity index (χ0) is 24.6. The summed E-state index contributed by atoms with van der Waals surface area (Å²) in [5.41, 5.74) is 9.86. The van der Waals surface area contributed by atoms with Crippen LogP contribution in [0.25, 0.3) is 10.4 Å². The van der Waals surface area contributed by atoms with Crippen LogP contribution >= 0.6 is 0 Å². The number of nitrogens with one attached hydrogen (secondary N) is 1. The molecule has 196 valence electrons. The molecule has 5 aliphatic rings.